The molecule has 1 saturated heterocycles. The summed E-state index contributed by atoms with van der Waals surface area (Å²) in [5.74, 6) is -0.499. The molecule has 0 bridgehead atoms. The van der Waals surface area contributed by atoms with Crippen molar-refractivity contribution in [2.45, 2.75) is 6.61 Å². The summed E-state index contributed by atoms with van der Waals surface area (Å²) in [6, 6.07) is 10.3. The molecule has 7 nitrogen and oxygen atoms in total. The molecule has 3 rings (SSSR count). The summed E-state index contributed by atoms with van der Waals surface area (Å²) in [4.78, 5) is 34.9. The van der Waals surface area contributed by atoms with E-state index in [9.17, 15) is 14.4 Å². The van der Waals surface area contributed by atoms with E-state index in [1.165, 1.54) is 13.2 Å². The molecule has 0 aromatic heterocycles. The lowest BCUT2D eigenvalue weighted by molar-refractivity contribution is -0.123. The number of hydrogen-bond acceptors (Lipinski definition) is 5. The maximum Gasteiger partial charge on any atom is 0.328 e. The van der Waals surface area contributed by atoms with Crippen LogP contribution in [0.15, 0.2) is 46.4 Å². The third-order valence-electron chi connectivity index (χ3n) is 3.84. The van der Waals surface area contributed by atoms with Gasteiger partial charge in [0.25, 0.3) is 11.8 Å². The van der Waals surface area contributed by atoms with Crippen LogP contribution in [0.2, 0.25) is 0 Å². The van der Waals surface area contributed by atoms with Gasteiger partial charge in [0.05, 0.1) is 10.7 Å². The zero-order valence-corrected chi connectivity index (χ0v) is 18.3. The number of imide groups is 2. The number of carbonyl (C=O) groups excluding carboxylic acids is 3. The molecule has 0 atom stereocenters. The van der Waals surface area contributed by atoms with Crippen LogP contribution < -0.4 is 20.1 Å². The average Bonchev–Trinajstić information content (AvgIpc) is 2.64. The highest BCUT2D eigenvalue weighted by Gasteiger charge is 2.27. The highest BCUT2D eigenvalue weighted by atomic mass is 127. The molecule has 2 aromatic carbocycles. The second-order valence-corrected chi connectivity index (χ2v) is 7.73. The van der Waals surface area contributed by atoms with Crippen molar-refractivity contribution in [1.82, 2.24) is 10.6 Å². The standard InChI is InChI=1S/C19H14BrIN2O5/c1-27-15-8-10(6-12-17(24)22-19(26)23-18(12)25)7-14(21)16(15)28-9-11-4-2-3-5-13(11)20/h2-8H,9H2,1H3,(H2,22,23,24,25,26). The smallest absolute Gasteiger partial charge is 0.328 e. The maximum atomic E-state index is 11.9. The number of carbonyl (C=O) groups is 3. The molecule has 0 radical (unpaired) electrons. The Balaban J connectivity index is 1.88. The van der Waals surface area contributed by atoms with Crippen LogP contribution in [0.3, 0.4) is 0 Å². The number of ether oxygens (including phenoxy) is 2. The summed E-state index contributed by atoms with van der Waals surface area (Å²) in [7, 11) is 1.51. The Morgan fingerprint density at radius 3 is 2.43 bits per heavy atom. The van der Waals surface area contributed by atoms with Gasteiger partial charge in [0.15, 0.2) is 11.5 Å². The van der Waals surface area contributed by atoms with Gasteiger partial charge in [-0.2, -0.15) is 0 Å². The van der Waals surface area contributed by atoms with E-state index in [1.54, 1.807) is 12.1 Å². The quantitative estimate of drug-likeness (QED) is 0.334. The Kier molecular flexibility index (Phi) is 6.35. The third kappa shape index (κ3) is 4.53. The number of barbiturate groups is 1. The van der Waals surface area contributed by atoms with E-state index in [0.29, 0.717) is 23.7 Å². The fourth-order valence-electron chi connectivity index (χ4n) is 2.50. The van der Waals surface area contributed by atoms with Crippen LogP contribution in [0.25, 0.3) is 6.08 Å². The topological polar surface area (TPSA) is 93.7 Å². The number of urea groups is 1. The van der Waals surface area contributed by atoms with Gasteiger partial charge in [-0.25, -0.2) is 4.79 Å². The predicted octanol–water partition coefficient (Wildman–Crippen LogP) is 3.39. The SMILES string of the molecule is COc1cc(C=C2C(=O)NC(=O)NC2=O)cc(I)c1OCc1ccccc1Br. The van der Waals surface area contributed by atoms with E-state index in [1.807, 2.05) is 34.9 Å². The summed E-state index contributed by atoms with van der Waals surface area (Å²) < 4.78 is 13.0. The molecule has 0 unspecified atom stereocenters. The number of benzene rings is 2. The van der Waals surface area contributed by atoms with Crippen LogP contribution in [-0.4, -0.2) is 25.0 Å². The Labute approximate surface area is 182 Å². The molecule has 2 aromatic rings. The number of rotatable bonds is 5. The number of nitrogens with one attached hydrogen (secondary N) is 2. The van der Waals surface area contributed by atoms with Crippen LogP contribution in [0, 0.1) is 3.57 Å². The van der Waals surface area contributed by atoms with Crippen molar-refractivity contribution < 1.29 is 23.9 Å². The van der Waals surface area contributed by atoms with Gasteiger partial charge in [0, 0.05) is 10.0 Å². The molecule has 4 amide bonds. The molecule has 0 spiro atoms. The second kappa shape index (κ2) is 8.74. The first-order chi connectivity index (χ1) is 13.4. The molecule has 1 heterocycles. The van der Waals surface area contributed by atoms with E-state index in [0.717, 1.165) is 13.6 Å². The Bertz CT molecular complexity index is 984. The van der Waals surface area contributed by atoms with E-state index < -0.39 is 17.8 Å². The van der Waals surface area contributed by atoms with Crippen molar-refractivity contribution in [1.29, 1.82) is 0 Å². The van der Waals surface area contributed by atoms with Crippen LogP contribution in [0.5, 0.6) is 11.5 Å². The Morgan fingerprint density at radius 1 is 1.11 bits per heavy atom. The number of hydrogen-bond donors (Lipinski definition) is 2. The van der Waals surface area contributed by atoms with Gasteiger partial charge in [0.2, 0.25) is 0 Å². The van der Waals surface area contributed by atoms with Gasteiger partial charge in [-0.3, -0.25) is 20.2 Å². The average molecular weight is 557 g/mol. The van der Waals surface area contributed by atoms with E-state index in [2.05, 4.69) is 38.5 Å². The summed E-state index contributed by atoms with van der Waals surface area (Å²) in [5.41, 5.74) is 1.37. The van der Waals surface area contributed by atoms with Gasteiger partial charge in [0.1, 0.15) is 12.2 Å². The minimum absolute atomic E-state index is 0.167. The molecule has 2 N–H and O–H groups in total. The lowest BCUT2D eigenvalue weighted by Gasteiger charge is -2.16. The third-order valence-corrected chi connectivity index (χ3v) is 5.41. The predicted molar refractivity (Wildman–Crippen MR) is 114 cm³/mol. The monoisotopic (exact) mass is 556 g/mol. The van der Waals surface area contributed by atoms with Crippen molar-refractivity contribution in [3.8, 4) is 11.5 Å². The van der Waals surface area contributed by atoms with Gasteiger partial charge in [-0.05, 0) is 52.4 Å². The Hall–Kier alpha value is -2.40. The van der Waals surface area contributed by atoms with Crippen LogP contribution in [0.1, 0.15) is 11.1 Å². The molecule has 0 aliphatic carbocycles. The number of methoxy groups -OCH3 is 1. The first kappa shape index (κ1) is 20.3. The zero-order chi connectivity index (χ0) is 20.3. The fourth-order valence-corrected chi connectivity index (χ4v) is 3.68. The lowest BCUT2D eigenvalue weighted by Crippen LogP contribution is -2.51. The van der Waals surface area contributed by atoms with Crippen molar-refractivity contribution in [3.05, 3.63) is 61.1 Å². The van der Waals surface area contributed by atoms with Crippen molar-refractivity contribution in [3.63, 3.8) is 0 Å². The normalized spacial score (nSPS) is 13.7. The molecule has 1 aliphatic rings. The highest BCUT2D eigenvalue weighted by Crippen LogP contribution is 2.35. The maximum absolute atomic E-state index is 11.9. The summed E-state index contributed by atoms with van der Waals surface area (Å²) in [6.45, 7) is 0.334. The minimum atomic E-state index is -0.838. The molecule has 1 fully saturated rings. The largest absolute Gasteiger partial charge is 0.493 e. The van der Waals surface area contributed by atoms with Gasteiger partial charge in [-0.15, -0.1) is 0 Å². The van der Waals surface area contributed by atoms with Gasteiger partial charge < -0.3 is 9.47 Å². The molecule has 0 saturated carbocycles. The zero-order valence-electron chi connectivity index (χ0n) is 14.5. The molecule has 1 aliphatic heterocycles. The molecular formula is C19H14BrIN2O5. The van der Waals surface area contributed by atoms with Crippen molar-refractivity contribution in [2.24, 2.45) is 0 Å². The van der Waals surface area contributed by atoms with E-state index in [4.69, 9.17) is 9.47 Å². The van der Waals surface area contributed by atoms with E-state index in [-0.39, 0.29) is 5.57 Å². The summed E-state index contributed by atoms with van der Waals surface area (Å²) in [6.07, 6.45) is 1.39. The number of amides is 4. The van der Waals surface area contributed by atoms with Crippen molar-refractivity contribution >= 4 is 62.4 Å². The Morgan fingerprint density at radius 2 is 1.79 bits per heavy atom. The molecule has 28 heavy (non-hydrogen) atoms. The van der Waals surface area contributed by atoms with Crippen LogP contribution in [-0.2, 0) is 16.2 Å². The first-order valence-corrected chi connectivity index (χ1v) is 9.88. The van der Waals surface area contributed by atoms with E-state index >= 15 is 0 Å². The lowest BCUT2D eigenvalue weighted by atomic mass is 10.1. The molecule has 144 valence electrons. The summed E-state index contributed by atoms with van der Waals surface area (Å²) >= 11 is 5.58. The van der Waals surface area contributed by atoms with Crippen LogP contribution in [0.4, 0.5) is 4.79 Å². The minimum Gasteiger partial charge on any atom is -0.493 e. The second-order valence-electron chi connectivity index (χ2n) is 5.71. The molecule has 9 heteroatoms. The molecular weight excluding hydrogens is 543 g/mol. The number of halogens is 2. The van der Waals surface area contributed by atoms with Gasteiger partial charge in [-0.1, -0.05) is 34.1 Å². The van der Waals surface area contributed by atoms with Crippen LogP contribution >= 0.6 is 38.5 Å². The highest BCUT2D eigenvalue weighted by molar-refractivity contribution is 14.1. The van der Waals surface area contributed by atoms with Crippen molar-refractivity contribution in [2.75, 3.05) is 7.11 Å². The fraction of sp³-hybridized carbons (Fsp3) is 0.105. The first-order valence-electron chi connectivity index (χ1n) is 8.01. The summed E-state index contributed by atoms with van der Waals surface area (Å²) in [5, 5.41) is 4.08. The van der Waals surface area contributed by atoms with Gasteiger partial charge >= 0.3 is 6.03 Å².